The van der Waals surface area contributed by atoms with Crippen molar-refractivity contribution in [3.8, 4) is 22.9 Å². The third-order valence-electron chi connectivity index (χ3n) is 3.56. The molecule has 2 aromatic carbocycles. The number of nitrogens with one attached hydrogen (secondary N) is 1. The molecule has 0 spiro atoms. The summed E-state index contributed by atoms with van der Waals surface area (Å²) in [5, 5.41) is 10.4. The first kappa shape index (κ1) is 19.5. The maximum absolute atomic E-state index is 14.0. The van der Waals surface area contributed by atoms with E-state index in [9.17, 15) is 13.6 Å². The Bertz CT molecular complexity index is 979. The van der Waals surface area contributed by atoms with Crippen LogP contribution in [0.2, 0.25) is 0 Å². The number of carbonyl (C=O) groups excluding carboxylic acids is 1. The molecule has 3 rings (SSSR count). The Morgan fingerprint density at radius 3 is 2.29 bits per heavy atom. The Morgan fingerprint density at radius 2 is 1.64 bits per heavy atom. The van der Waals surface area contributed by atoms with Crippen molar-refractivity contribution in [1.82, 2.24) is 15.5 Å². The number of rotatable bonds is 4. The third-order valence-corrected chi connectivity index (χ3v) is 3.56. The lowest BCUT2D eigenvalue weighted by atomic mass is 10.1. The van der Waals surface area contributed by atoms with E-state index in [1.807, 2.05) is 0 Å². The fraction of sp³-hybridized carbons (Fsp3) is 0.250. The van der Waals surface area contributed by atoms with Crippen LogP contribution in [0.5, 0.6) is 0 Å². The number of alkyl carbamates (subject to hydrolysis) is 1. The maximum Gasteiger partial charge on any atom is 0.407 e. The Labute approximate surface area is 160 Å². The van der Waals surface area contributed by atoms with Crippen LogP contribution in [0.4, 0.5) is 13.6 Å². The molecule has 1 aromatic heterocycles. The molecule has 0 unspecified atom stereocenters. The fourth-order valence-corrected chi connectivity index (χ4v) is 2.41. The number of hydrogen-bond acceptors (Lipinski definition) is 5. The lowest BCUT2D eigenvalue weighted by Gasteiger charge is -2.19. The normalized spacial score (nSPS) is 11.3. The van der Waals surface area contributed by atoms with E-state index in [1.165, 1.54) is 36.4 Å². The highest BCUT2D eigenvalue weighted by Gasteiger charge is 2.17. The van der Waals surface area contributed by atoms with Gasteiger partial charge in [0.2, 0.25) is 11.8 Å². The summed E-state index contributed by atoms with van der Waals surface area (Å²) in [5.74, 6) is -0.596. The quantitative estimate of drug-likeness (QED) is 0.702. The molecule has 0 bridgehead atoms. The maximum atomic E-state index is 14.0. The van der Waals surface area contributed by atoms with Crippen molar-refractivity contribution in [3.63, 3.8) is 0 Å². The van der Waals surface area contributed by atoms with Crippen LogP contribution in [-0.4, -0.2) is 21.9 Å². The first-order valence-electron chi connectivity index (χ1n) is 8.56. The van der Waals surface area contributed by atoms with E-state index in [0.29, 0.717) is 16.7 Å². The zero-order valence-corrected chi connectivity index (χ0v) is 15.6. The van der Waals surface area contributed by atoms with Crippen LogP contribution in [0.25, 0.3) is 22.9 Å². The number of nitrogens with zero attached hydrogens (tertiary/aromatic N) is 2. The van der Waals surface area contributed by atoms with E-state index < -0.39 is 17.5 Å². The summed E-state index contributed by atoms with van der Waals surface area (Å²) in [4.78, 5) is 11.8. The summed E-state index contributed by atoms with van der Waals surface area (Å²) in [7, 11) is 0. The molecule has 0 aliphatic carbocycles. The minimum Gasteiger partial charge on any atom is -0.444 e. The van der Waals surface area contributed by atoms with Gasteiger partial charge in [0.05, 0.1) is 0 Å². The predicted octanol–water partition coefficient (Wildman–Crippen LogP) is 4.71. The summed E-state index contributed by atoms with van der Waals surface area (Å²) in [6, 6.07) is 9.74. The largest absolute Gasteiger partial charge is 0.444 e. The molecular formula is C20H19F2N3O3. The first-order chi connectivity index (χ1) is 13.2. The van der Waals surface area contributed by atoms with E-state index in [1.54, 1.807) is 26.8 Å². The zero-order chi connectivity index (χ0) is 20.3. The molecule has 6 nitrogen and oxygen atoms in total. The van der Waals surface area contributed by atoms with Crippen molar-refractivity contribution in [2.45, 2.75) is 32.9 Å². The van der Waals surface area contributed by atoms with Gasteiger partial charge < -0.3 is 14.5 Å². The zero-order valence-electron chi connectivity index (χ0n) is 15.6. The SMILES string of the molecule is CC(C)(C)OC(=O)NCc1cc(F)cc(-c2nnc(-c3ccc(F)cc3)o2)c1. The summed E-state index contributed by atoms with van der Waals surface area (Å²) in [5.41, 5.74) is 0.783. The lowest BCUT2D eigenvalue weighted by Crippen LogP contribution is -2.32. The van der Waals surface area contributed by atoms with Crippen molar-refractivity contribution in [2.24, 2.45) is 0 Å². The van der Waals surface area contributed by atoms with Gasteiger partial charge in [0.15, 0.2) is 0 Å². The minimum atomic E-state index is -0.627. The van der Waals surface area contributed by atoms with Crippen LogP contribution in [0.3, 0.4) is 0 Å². The van der Waals surface area contributed by atoms with Crippen molar-refractivity contribution in [1.29, 1.82) is 0 Å². The fourth-order valence-electron chi connectivity index (χ4n) is 2.41. The molecule has 1 amide bonds. The van der Waals surface area contributed by atoms with Gasteiger partial charge in [0.1, 0.15) is 17.2 Å². The van der Waals surface area contributed by atoms with Crippen LogP contribution < -0.4 is 5.32 Å². The van der Waals surface area contributed by atoms with Gasteiger partial charge in [-0.3, -0.25) is 0 Å². The Kier molecular flexibility index (Phi) is 5.39. The molecular weight excluding hydrogens is 368 g/mol. The van der Waals surface area contributed by atoms with Crippen molar-refractivity contribution < 1.29 is 22.7 Å². The average Bonchev–Trinajstić information content (AvgIpc) is 3.09. The Balaban J connectivity index is 1.76. The Hall–Kier alpha value is -3.29. The van der Waals surface area contributed by atoms with Crippen molar-refractivity contribution in [2.75, 3.05) is 0 Å². The average molecular weight is 387 g/mol. The summed E-state index contributed by atoms with van der Waals surface area (Å²) in [6.07, 6.45) is -0.602. The smallest absolute Gasteiger partial charge is 0.407 e. The first-order valence-corrected chi connectivity index (χ1v) is 8.56. The van der Waals surface area contributed by atoms with Gasteiger partial charge in [-0.05, 0) is 68.8 Å². The second-order valence-electron chi connectivity index (χ2n) is 7.12. The molecule has 28 heavy (non-hydrogen) atoms. The van der Waals surface area contributed by atoms with Gasteiger partial charge in [-0.25, -0.2) is 13.6 Å². The van der Waals surface area contributed by atoms with E-state index >= 15 is 0 Å². The molecule has 146 valence electrons. The van der Waals surface area contributed by atoms with Gasteiger partial charge in [0, 0.05) is 17.7 Å². The highest BCUT2D eigenvalue weighted by atomic mass is 19.1. The molecule has 0 aliphatic rings. The number of amides is 1. The molecule has 0 fully saturated rings. The molecule has 0 saturated heterocycles. The molecule has 8 heteroatoms. The molecule has 0 radical (unpaired) electrons. The molecule has 1 heterocycles. The molecule has 1 N–H and O–H groups in total. The predicted molar refractivity (Wildman–Crippen MR) is 98.2 cm³/mol. The van der Waals surface area contributed by atoms with Gasteiger partial charge in [-0.1, -0.05) is 0 Å². The second kappa shape index (κ2) is 7.75. The van der Waals surface area contributed by atoms with Crippen LogP contribution in [0.15, 0.2) is 46.9 Å². The second-order valence-corrected chi connectivity index (χ2v) is 7.12. The number of hydrogen-bond donors (Lipinski definition) is 1. The highest BCUT2D eigenvalue weighted by Crippen LogP contribution is 2.25. The van der Waals surface area contributed by atoms with E-state index in [-0.39, 0.29) is 24.1 Å². The monoisotopic (exact) mass is 387 g/mol. The number of halogens is 2. The molecule has 0 atom stereocenters. The highest BCUT2D eigenvalue weighted by molar-refractivity contribution is 5.68. The third kappa shape index (κ3) is 5.12. The summed E-state index contributed by atoms with van der Waals surface area (Å²) in [6.45, 7) is 5.32. The van der Waals surface area contributed by atoms with E-state index in [0.717, 1.165) is 0 Å². The number of benzene rings is 2. The van der Waals surface area contributed by atoms with Gasteiger partial charge in [-0.15, -0.1) is 10.2 Å². The lowest BCUT2D eigenvalue weighted by molar-refractivity contribution is 0.0523. The number of carbonyl (C=O) groups is 1. The van der Waals surface area contributed by atoms with Crippen molar-refractivity contribution >= 4 is 6.09 Å². The summed E-state index contributed by atoms with van der Waals surface area (Å²) >= 11 is 0. The van der Waals surface area contributed by atoms with Crippen LogP contribution in [-0.2, 0) is 11.3 Å². The molecule has 3 aromatic rings. The molecule has 0 aliphatic heterocycles. The van der Waals surface area contributed by atoms with Crippen molar-refractivity contribution in [3.05, 3.63) is 59.7 Å². The minimum absolute atomic E-state index is 0.0681. The number of ether oxygens (including phenoxy) is 1. The summed E-state index contributed by atoms with van der Waals surface area (Å²) < 4.78 is 37.8. The number of aromatic nitrogens is 2. The van der Waals surface area contributed by atoms with Crippen LogP contribution in [0, 0.1) is 11.6 Å². The topological polar surface area (TPSA) is 77.2 Å². The van der Waals surface area contributed by atoms with Gasteiger partial charge in [-0.2, -0.15) is 0 Å². The van der Waals surface area contributed by atoms with Crippen LogP contribution in [0.1, 0.15) is 26.3 Å². The molecule has 0 saturated carbocycles. The Morgan fingerprint density at radius 1 is 1.00 bits per heavy atom. The van der Waals surface area contributed by atoms with Gasteiger partial charge >= 0.3 is 6.09 Å². The van der Waals surface area contributed by atoms with E-state index in [4.69, 9.17) is 9.15 Å². The van der Waals surface area contributed by atoms with E-state index in [2.05, 4.69) is 15.5 Å². The van der Waals surface area contributed by atoms with Gasteiger partial charge in [0.25, 0.3) is 0 Å². The van der Waals surface area contributed by atoms with Crippen LogP contribution >= 0.6 is 0 Å². The standard InChI is InChI=1S/C20H19F2N3O3/c1-20(2,3)28-19(26)23-11-12-8-14(10-16(22)9-12)18-25-24-17(27-18)13-4-6-15(21)7-5-13/h4-10H,11H2,1-3H3,(H,23,26).